The molecule has 0 bridgehead atoms. The second kappa shape index (κ2) is 9.74. The minimum absolute atomic E-state index is 0.184. The average molecular weight is 454 g/mol. The van der Waals surface area contributed by atoms with Crippen LogP contribution in [0.4, 0.5) is 16.3 Å². The second-order valence-corrected chi connectivity index (χ2v) is 7.63. The number of piperazine rings is 1. The molecular weight excluding hydrogens is 430 g/mol. The molecule has 1 fully saturated rings. The van der Waals surface area contributed by atoms with Gasteiger partial charge in [-0.3, -0.25) is 0 Å². The number of carbonyl (C=O) groups excluding carboxylic acids is 1. The molecular formula is C23H24ClN5O3. The number of carbonyl (C=O) groups is 1. The molecule has 0 radical (unpaired) electrons. The predicted molar refractivity (Wildman–Crippen MR) is 125 cm³/mol. The number of amides is 2. The molecule has 8 nitrogen and oxygen atoms in total. The third kappa shape index (κ3) is 4.70. The van der Waals surface area contributed by atoms with Crippen LogP contribution < -0.4 is 19.7 Å². The Morgan fingerprint density at radius 3 is 2.41 bits per heavy atom. The number of methoxy groups -OCH3 is 2. The Labute approximate surface area is 191 Å². The van der Waals surface area contributed by atoms with Gasteiger partial charge in [-0.15, -0.1) is 10.2 Å². The maximum absolute atomic E-state index is 12.8. The fourth-order valence-corrected chi connectivity index (χ4v) is 3.78. The van der Waals surface area contributed by atoms with Gasteiger partial charge in [0.2, 0.25) is 0 Å². The maximum atomic E-state index is 12.8. The molecule has 1 aliphatic heterocycles. The van der Waals surface area contributed by atoms with E-state index in [9.17, 15) is 4.79 Å². The molecule has 2 amide bonds. The van der Waals surface area contributed by atoms with Gasteiger partial charge in [-0.25, -0.2) is 4.79 Å². The van der Waals surface area contributed by atoms with E-state index in [-0.39, 0.29) is 6.03 Å². The molecule has 4 rings (SSSR count). The Kier molecular flexibility index (Phi) is 6.61. The largest absolute Gasteiger partial charge is 0.497 e. The van der Waals surface area contributed by atoms with Crippen LogP contribution in [0.15, 0.2) is 54.6 Å². The van der Waals surface area contributed by atoms with Gasteiger partial charge in [0.1, 0.15) is 11.5 Å². The number of hydrogen-bond acceptors (Lipinski definition) is 6. The molecule has 166 valence electrons. The van der Waals surface area contributed by atoms with E-state index < -0.39 is 0 Å². The van der Waals surface area contributed by atoms with Crippen LogP contribution >= 0.6 is 11.6 Å². The van der Waals surface area contributed by atoms with E-state index in [2.05, 4.69) is 20.4 Å². The summed E-state index contributed by atoms with van der Waals surface area (Å²) < 4.78 is 10.6. The van der Waals surface area contributed by atoms with Crippen molar-refractivity contribution in [2.24, 2.45) is 0 Å². The fourth-order valence-electron chi connectivity index (χ4n) is 3.55. The molecule has 0 atom stereocenters. The number of rotatable bonds is 5. The van der Waals surface area contributed by atoms with Gasteiger partial charge in [-0.05, 0) is 30.3 Å². The highest BCUT2D eigenvalue weighted by molar-refractivity contribution is 6.33. The maximum Gasteiger partial charge on any atom is 0.322 e. The molecule has 1 N–H and O–H groups in total. The Morgan fingerprint density at radius 1 is 0.969 bits per heavy atom. The highest BCUT2D eigenvalue weighted by atomic mass is 35.5. The van der Waals surface area contributed by atoms with Crippen molar-refractivity contribution in [3.05, 3.63) is 59.6 Å². The lowest BCUT2D eigenvalue weighted by Gasteiger charge is -2.35. The summed E-state index contributed by atoms with van der Waals surface area (Å²) in [5, 5.41) is 12.3. The molecule has 1 aromatic heterocycles. The third-order valence-electron chi connectivity index (χ3n) is 5.34. The van der Waals surface area contributed by atoms with Gasteiger partial charge in [-0.1, -0.05) is 29.8 Å². The zero-order chi connectivity index (χ0) is 22.5. The number of urea groups is 1. The van der Waals surface area contributed by atoms with E-state index in [0.717, 1.165) is 17.1 Å². The van der Waals surface area contributed by atoms with E-state index in [4.69, 9.17) is 21.1 Å². The van der Waals surface area contributed by atoms with Crippen LogP contribution in [0, 0.1) is 0 Å². The van der Waals surface area contributed by atoms with Crippen LogP contribution in [0.3, 0.4) is 0 Å². The zero-order valence-corrected chi connectivity index (χ0v) is 18.7. The molecule has 1 aliphatic rings. The Balaban J connectivity index is 1.37. The first-order chi connectivity index (χ1) is 15.6. The molecule has 9 heteroatoms. The highest BCUT2D eigenvalue weighted by Crippen LogP contribution is 2.29. The summed E-state index contributed by atoms with van der Waals surface area (Å²) >= 11 is 6.25. The quantitative estimate of drug-likeness (QED) is 0.624. The van der Waals surface area contributed by atoms with Crippen LogP contribution in [0.5, 0.6) is 11.5 Å². The Hall–Kier alpha value is -3.52. The summed E-state index contributed by atoms with van der Waals surface area (Å²) in [5.41, 5.74) is 2.15. The van der Waals surface area contributed by atoms with Crippen molar-refractivity contribution in [2.45, 2.75) is 0 Å². The standard InChI is InChI=1S/C23H24ClN5O3/c1-31-16-7-9-21(32-2)20(15-16)25-23(30)29-13-11-28(12-14-29)22-10-8-19(26-27-22)17-5-3-4-6-18(17)24/h3-10,15H,11-14H2,1-2H3,(H,25,30). The second-order valence-electron chi connectivity index (χ2n) is 7.23. The van der Waals surface area contributed by atoms with Crippen molar-refractivity contribution in [3.8, 4) is 22.8 Å². The topological polar surface area (TPSA) is 79.8 Å². The molecule has 0 unspecified atom stereocenters. The number of aromatic nitrogens is 2. The van der Waals surface area contributed by atoms with E-state index in [0.29, 0.717) is 48.4 Å². The Morgan fingerprint density at radius 2 is 1.75 bits per heavy atom. The van der Waals surface area contributed by atoms with Crippen molar-refractivity contribution >= 4 is 29.1 Å². The number of halogens is 1. The van der Waals surface area contributed by atoms with Gasteiger partial charge in [0, 0.05) is 37.8 Å². The smallest absolute Gasteiger partial charge is 0.322 e. The summed E-state index contributed by atoms with van der Waals surface area (Å²) in [5.74, 6) is 1.99. The molecule has 3 aromatic rings. The molecule has 32 heavy (non-hydrogen) atoms. The van der Waals surface area contributed by atoms with Gasteiger partial charge < -0.3 is 24.6 Å². The first-order valence-corrected chi connectivity index (χ1v) is 10.6. The van der Waals surface area contributed by atoms with Gasteiger partial charge in [0.15, 0.2) is 5.82 Å². The van der Waals surface area contributed by atoms with Gasteiger partial charge in [0.05, 0.1) is 30.6 Å². The van der Waals surface area contributed by atoms with Crippen LogP contribution in [0.25, 0.3) is 11.3 Å². The SMILES string of the molecule is COc1ccc(OC)c(NC(=O)N2CCN(c3ccc(-c4ccccc4Cl)nn3)CC2)c1. The monoisotopic (exact) mass is 453 g/mol. The molecule has 0 spiro atoms. The number of benzene rings is 2. The lowest BCUT2D eigenvalue weighted by Crippen LogP contribution is -2.50. The normalized spacial score (nSPS) is 13.6. The number of ether oxygens (including phenoxy) is 2. The highest BCUT2D eigenvalue weighted by Gasteiger charge is 2.23. The van der Waals surface area contributed by atoms with Gasteiger partial charge >= 0.3 is 6.03 Å². The minimum atomic E-state index is -0.184. The predicted octanol–water partition coefficient (Wildman–Crippen LogP) is 4.17. The number of anilines is 2. The lowest BCUT2D eigenvalue weighted by molar-refractivity contribution is 0.208. The number of hydrogen-bond donors (Lipinski definition) is 1. The first kappa shape index (κ1) is 21.7. The van der Waals surface area contributed by atoms with E-state index in [1.807, 2.05) is 36.4 Å². The van der Waals surface area contributed by atoms with Gasteiger partial charge in [0.25, 0.3) is 0 Å². The summed E-state index contributed by atoms with van der Waals surface area (Å²) in [6.45, 7) is 2.43. The summed E-state index contributed by atoms with van der Waals surface area (Å²) in [6.07, 6.45) is 0. The zero-order valence-electron chi connectivity index (χ0n) is 17.9. The molecule has 2 aromatic carbocycles. The van der Waals surface area contributed by atoms with Crippen molar-refractivity contribution in [1.82, 2.24) is 15.1 Å². The Bertz CT molecular complexity index is 1090. The van der Waals surface area contributed by atoms with Crippen LogP contribution in [-0.2, 0) is 0 Å². The molecule has 1 saturated heterocycles. The van der Waals surface area contributed by atoms with Crippen LogP contribution in [0.1, 0.15) is 0 Å². The summed E-state index contributed by atoms with van der Waals surface area (Å²) in [6, 6.07) is 16.5. The van der Waals surface area contributed by atoms with E-state index in [1.54, 1.807) is 37.3 Å². The average Bonchev–Trinajstić information content (AvgIpc) is 2.84. The fraction of sp³-hybridized carbons (Fsp3) is 0.261. The van der Waals surface area contributed by atoms with Crippen molar-refractivity contribution < 1.29 is 14.3 Å². The number of nitrogens with zero attached hydrogens (tertiary/aromatic N) is 4. The van der Waals surface area contributed by atoms with Crippen molar-refractivity contribution in [3.63, 3.8) is 0 Å². The summed E-state index contributed by atoms with van der Waals surface area (Å²) in [4.78, 5) is 16.6. The van der Waals surface area contributed by atoms with Gasteiger partial charge in [-0.2, -0.15) is 0 Å². The van der Waals surface area contributed by atoms with E-state index >= 15 is 0 Å². The summed E-state index contributed by atoms with van der Waals surface area (Å²) in [7, 11) is 3.14. The van der Waals surface area contributed by atoms with Crippen LogP contribution in [-0.4, -0.2) is 61.5 Å². The van der Waals surface area contributed by atoms with Crippen molar-refractivity contribution in [2.75, 3.05) is 50.6 Å². The number of nitrogens with one attached hydrogen (secondary N) is 1. The van der Waals surface area contributed by atoms with E-state index in [1.165, 1.54) is 0 Å². The first-order valence-electron chi connectivity index (χ1n) is 10.2. The molecule has 2 heterocycles. The molecule has 0 saturated carbocycles. The van der Waals surface area contributed by atoms with Crippen molar-refractivity contribution in [1.29, 1.82) is 0 Å². The third-order valence-corrected chi connectivity index (χ3v) is 5.67. The van der Waals surface area contributed by atoms with Crippen LogP contribution in [0.2, 0.25) is 5.02 Å². The lowest BCUT2D eigenvalue weighted by atomic mass is 10.1. The minimum Gasteiger partial charge on any atom is -0.497 e. The molecule has 0 aliphatic carbocycles.